The minimum atomic E-state index is 0.789. The monoisotopic (exact) mass is 403 g/mol. The van der Waals surface area contributed by atoms with Crippen LogP contribution in [0.3, 0.4) is 0 Å². The third-order valence-corrected chi connectivity index (χ3v) is 5.74. The van der Waals surface area contributed by atoms with Crippen LogP contribution >= 0.6 is 0 Å². The van der Waals surface area contributed by atoms with Gasteiger partial charge in [0.15, 0.2) is 0 Å². The average molecular weight is 404 g/mol. The molecule has 0 bridgehead atoms. The quantitative estimate of drug-likeness (QED) is 0.290. The zero-order valence-corrected chi connectivity index (χ0v) is 18.1. The molecule has 0 radical (unpaired) electrons. The summed E-state index contributed by atoms with van der Waals surface area (Å²) < 4.78 is 2.35. The second kappa shape index (κ2) is 7.84. The minimum absolute atomic E-state index is 0.789. The van der Waals surface area contributed by atoms with Crippen LogP contribution in [0.1, 0.15) is 26.1 Å². The van der Waals surface area contributed by atoms with E-state index in [1.807, 2.05) is 19.1 Å². The second-order valence-electron chi connectivity index (χ2n) is 7.75. The third kappa shape index (κ3) is 3.23. The first-order valence-electron chi connectivity index (χ1n) is 10.8. The van der Waals surface area contributed by atoms with E-state index in [-0.39, 0.29) is 0 Å². The fraction of sp³-hybridized carbons (Fsp3) is 0.143. The zero-order chi connectivity index (χ0) is 21.4. The number of aryl methyl sites for hydroxylation is 1. The Morgan fingerprint density at radius 1 is 0.871 bits per heavy atom. The van der Waals surface area contributed by atoms with Crippen LogP contribution in [0.15, 0.2) is 85.0 Å². The molecule has 2 aromatic heterocycles. The van der Waals surface area contributed by atoms with Crippen molar-refractivity contribution in [3.8, 4) is 11.3 Å². The van der Waals surface area contributed by atoms with Gasteiger partial charge in [0.1, 0.15) is 5.82 Å². The smallest absolute Gasteiger partial charge is 0.126 e. The lowest BCUT2D eigenvalue weighted by Gasteiger charge is -2.10. The maximum atomic E-state index is 4.82. The second-order valence-corrected chi connectivity index (χ2v) is 7.75. The lowest BCUT2D eigenvalue weighted by molar-refractivity contribution is 1.10. The van der Waals surface area contributed by atoms with E-state index < -0.39 is 0 Å². The first-order valence-corrected chi connectivity index (χ1v) is 10.8. The van der Waals surface area contributed by atoms with Crippen LogP contribution < -0.4 is 0 Å². The molecule has 0 aliphatic carbocycles. The molecule has 0 amide bonds. The normalized spacial score (nSPS) is 12.5. The highest BCUT2D eigenvalue weighted by Crippen LogP contribution is 2.36. The molecule has 0 saturated heterocycles. The van der Waals surface area contributed by atoms with E-state index in [0.29, 0.717) is 0 Å². The molecule has 0 saturated carbocycles. The fourth-order valence-corrected chi connectivity index (χ4v) is 4.35. The minimum Gasteiger partial charge on any atom is -0.310 e. The number of benzene rings is 3. The zero-order valence-electron chi connectivity index (χ0n) is 18.1. The van der Waals surface area contributed by atoms with Gasteiger partial charge >= 0.3 is 0 Å². The summed E-state index contributed by atoms with van der Waals surface area (Å²) in [5.41, 5.74) is 6.68. The Hall–Kier alpha value is -3.72. The summed E-state index contributed by atoms with van der Waals surface area (Å²) in [5.74, 6) is 0.789. The van der Waals surface area contributed by atoms with Crippen molar-refractivity contribution in [1.29, 1.82) is 0 Å². The molecule has 3 nitrogen and oxygen atoms in total. The van der Waals surface area contributed by atoms with Crippen LogP contribution in [0.2, 0.25) is 0 Å². The standard InChI is InChI=1S/C28H25N3/c1-4-6-11-21(5-2)31-26-15-10-8-12-22(26)24-18-20(16-17-27(24)31)28-23-13-7-9-14-25(23)29-19(3)30-28/h5-18H,4H2,1-3H3/b11-6-,21-5+. The first kappa shape index (κ1) is 19.3. The number of rotatable bonds is 4. The largest absolute Gasteiger partial charge is 0.310 e. The highest BCUT2D eigenvalue weighted by molar-refractivity contribution is 6.12. The van der Waals surface area contributed by atoms with Crippen LogP contribution in [0.25, 0.3) is 49.7 Å². The summed E-state index contributed by atoms with van der Waals surface area (Å²) >= 11 is 0. The molecular weight excluding hydrogens is 378 g/mol. The van der Waals surface area contributed by atoms with E-state index in [9.17, 15) is 0 Å². The number of fused-ring (bicyclic) bond motifs is 4. The highest BCUT2D eigenvalue weighted by atomic mass is 15.0. The third-order valence-electron chi connectivity index (χ3n) is 5.74. The number of para-hydroxylation sites is 2. The van der Waals surface area contributed by atoms with Crippen molar-refractivity contribution in [2.75, 3.05) is 0 Å². The predicted molar refractivity (Wildman–Crippen MR) is 132 cm³/mol. The maximum Gasteiger partial charge on any atom is 0.126 e. The van der Waals surface area contributed by atoms with Gasteiger partial charge in [-0.3, -0.25) is 0 Å². The van der Waals surface area contributed by atoms with Gasteiger partial charge in [-0.2, -0.15) is 0 Å². The van der Waals surface area contributed by atoms with Gasteiger partial charge in [-0.1, -0.05) is 61.5 Å². The maximum absolute atomic E-state index is 4.82. The Kier molecular flexibility index (Phi) is 4.87. The van der Waals surface area contributed by atoms with Crippen molar-refractivity contribution in [2.45, 2.75) is 27.2 Å². The van der Waals surface area contributed by atoms with Crippen LogP contribution in [0, 0.1) is 6.92 Å². The van der Waals surface area contributed by atoms with Gasteiger partial charge in [0.2, 0.25) is 0 Å². The van der Waals surface area contributed by atoms with E-state index >= 15 is 0 Å². The fourth-order valence-electron chi connectivity index (χ4n) is 4.35. The molecule has 0 aliphatic rings. The molecule has 0 unspecified atom stereocenters. The molecule has 0 atom stereocenters. The lowest BCUT2D eigenvalue weighted by atomic mass is 10.0. The Morgan fingerprint density at radius 2 is 1.61 bits per heavy atom. The van der Waals surface area contributed by atoms with Crippen molar-refractivity contribution in [2.24, 2.45) is 0 Å². The van der Waals surface area contributed by atoms with E-state index in [0.717, 1.165) is 34.4 Å². The molecule has 0 spiro atoms. The molecule has 3 aromatic carbocycles. The van der Waals surface area contributed by atoms with Gasteiger partial charge < -0.3 is 4.57 Å². The molecule has 0 N–H and O–H groups in total. The molecule has 0 aliphatic heterocycles. The first-order chi connectivity index (χ1) is 15.2. The molecule has 3 heteroatoms. The number of nitrogens with zero attached hydrogens (tertiary/aromatic N) is 3. The molecular formula is C28H25N3. The topological polar surface area (TPSA) is 30.7 Å². The van der Waals surface area contributed by atoms with Crippen molar-refractivity contribution >= 4 is 38.4 Å². The van der Waals surface area contributed by atoms with Gasteiger partial charge in [0, 0.05) is 27.4 Å². The Balaban J connectivity index is 1.82. The van der Waals surface area contributed by atoms with Crippen molar-refractivity contribution in [3.05, 3.63) is 90.8 Å². The van der Waals surface area contributed by atoms with Gasteiger partial charge in [-0.15, -0.1) is 0 Å². The van der Waals surface area contributed by atoms with Crippen LogP contribution in [0.5, 0.6) is 0 Å². The Labute approximate surface area is 182 Å². The van der Waals surface area contributed by atoms with Crippen LogP contribution in [0.4, 0.5) is 0 Å². The number of allylic oxidation sites excluding steroid dienone is 4. The SMILES string of the molecule is C/C=C(\C=C/CC)n1c2ccccc2c2cc(-c3nc(C)nc4ccccc34)ccc21. The van der Waals surface area contributed by atoms with Gasteiger partial charge in [-0.05, 0) is 50.6 Å². The van der Waals surface area contributed by atoms with Gasteiger partial charge in [0.05, 0.1) is 22.2 Å². The number of aromatic nitrogens is 3. The highest BCUT2D eigenvalue weighted by Gasteiger charge is 2.15. The number of hydrogen-bond donors (Lipinski definition) is 0. The average Bonchev–Trinajstić information content (AvgIpc) is 3.13. The van der Waals surface area contributed by atoms with Gasteiger partial charge in [-0.25, -0.2) is 9.97 Å². The molecule has 152 valence electrons. The summed E-state index contributed by atoms with van der Waals surface area (Å²) in [6.07, 6.45) is 7.60. The van der Waals surface area contributed by atoms with Crippen molar-refractivity contribution < 1.29 is 0 Å². The summed E-state index contributed by atoms with van der Waals surface area (Å²) in [4.78, 5) is 9.43. The Bertz CT molecular complexity index is 1490. The molecule has 31 heavy (non-hydrogen) atoms. The summed E-state index contributed by atoms with van der Waals surface area (Å²) in [7, 11) is 0. The summed E-state index contributed by atoms with van der Waals surface area (Å²) in [6, 6.07) is 23.5. The molecule has 5 rings (SSSR count). The van der Waals surface area contributed by atoms with Crippen LogP contribution in [-0.4, -0.2) is 14.5 Å². The number of hydrogen-bond acceptors (Lipinski definition) is 2. The van der Waals surface area contributed by atoms with Crippen molar-refractivity contribution in [1.82, 2.24) is 14.5 Å². The summed E-state index contributed by atoms with van der Waals surface area (Å²) in [5, 5.41) is 3.56. The van der Waals surface area contributed by atoms with Crippen LogP contribution in [-0.2, 0) is 0 Å². The van der Waals surface area contributed by atoms with E-state index in [4.69, 9.17) is 4.98 Å². The molecule has 0 fully saturated rings. The van der Waals surface area contributed by atoms with E-state index in [1.165, 1.54) is 27.5 Å². The molecule has 2 heterocycles. The van der Waals surface area contributed by atoms with Gasteiger partial charge in [0.25, 0.3) is 0 Å². The molecule has 5 aromatic rings. The van der Waals surface area contributed by atoms with E-state index in [1.54, 1.807) is 0 Å². The summed E-state index contributed by atoms with van der Waals surface area (Å²) in [6.45, 7) is 6.22. The van der Waals surface area contributed by atoms with Crippen molar-refractivity contribution in [3.63, 3.8) is 0 Å². The lowest BCUT2D eigenvalue weighted by Crippen LogP contribution is -1.95. The Morgan fingerprint density at radius 3 is 2.42 bits per heavy atom. The predicted octanol–water partition coefficient (Wildman–Crippen LogP) is 7.54. The van der Waals surface area contributed by atoms with E-state index in [2.05, 4.69) is 96.2 Å².